The monoisotopic (exact) mass is 1120 g/mol. The second-order valence-electron chi connectivity index (χ2n) is 16.8. The lowest BCUT2D eigenvalue weighted by molar-refractivity contribution is 0.111. The smallest absolute Gasteiger partial charge is 0.169 e. The Morgan fingerprint density at radius 3 is 1.17 bits per heavy atom. The van der Waals surface area contributed by atoms with Crippen LogP contribution in [0.3, 0.4) is 0 Å². The number of nitrogens with zero attached hydrogens (tertiary/aromatic N) is 5. The fourth-order valence-corrected chi connectivity index (χ4v) is 12.3. The highest BCUT2D eigenvalue weighted by atomic mass is 32.2. The number of aliphatic imine (C=N–C) groups is 2. The number of para-hydroxylation sites is 5. The predicted molar refractivity (Wildman–Crippen MR) is 312 cm³/mol. The topological polar surface area (TPSA) is 268 Å². The first-order valence-corrected chi connectivity index (χ1v) is 27.7. The van der Waals surface area contributed by atoms with Crippen LogP contribution in [0.2, 0.25) is 0 Å². The maximum atomic E-state index is 10.6. The molecular weight excluding hydrogens is 1060 g/mol. The lowest BCUT2D eigenvalue weighted by atomic mass is 10.2. The van der Waals surface area contributed by atoms with E-state index in [-0.39, 0.29) is 71.2 Å². The molecule has 15 nitrogen and oxygen atoms in total. The number of benzene rings is 5. The number of phenols is 5. The summed E-state index contributed by atoms with van der Waals surface area (Å²) < 4.78 is 0. The average Bonchev–Trinajstić information content (AvgIpc) is 4.26. The molecule has 0 saturated heterocycles. The molecule has 0 spiro atoms. The number of aryl methyl sites for hydroxylation is 3. The van der Waals surface area contributed by atoms with Gasteiger partial charge in [-0.1, -0.05) is 81.1 Å². The van der Waals surface area contributed by atoms with E-state index in [1.54, 1.807) is 90.3 Å². The number of aldehydes is 1. The summed E-state index contributed by atoms with van der Waals surface area (Å²) in [5.41, 5.74) is 11.5. The number of thiazole rings is 3. The van der Waals surface area contributed by atoms with Crippen molar-refractivity contribution in [2.75, 3.05) is 13.2 Å². The van der Waals surface area contributed by atoms with Crippen molar-refractivity contribution in [3.05, 3.63) is 171 Å². The summed E-state index contributed by atoms with van der Waals surface area (Å²) >= 11 is 7.57. The van der Waals surface area contributed by atoms with E-state index < -0.39 is 0 Å². The lowest BCUT2D eigenvalue weighted by Crippen LogP contribution is -2.17. The van der Waals surface area contributed by atoms with Gasteiger partial charge < -0.3 is 46.6 Å². The highest BCUT2D eigenvalue weighted by molar-refractivity contribution is 8.15. The van der Waals surface area contributed by atoms with E-state index in [9.17, 15) is 30.3 Å². The quantitative estimate of drug-likeness (QED) is 0.0576. The van der Waals surface area contributed by atoms with Gasteiger partial charge in [0.2, 0.25) is 0 Å². The summed E-state index contributed by atoms with van der Waals surface area (Å²) in [5.74, 6) is 1.12. The standard InChI is InChI=1S/C12H12N2OS.2C11H13NO2S.C11H11NO2S.C11H9NO2S/c1-7(13)11-8(2)16-12(14-11)9-5-3-4-6-10(9)15;4*1-7-9(6-13)12-11(15-7)8-4-2-3-5-10(8)14/h3-6,15H,1,13H2,2H3;2*2-5,7,9,13-14H,6H2,1H3;2-5,13-14H,6H2,1H3;2-6,14H,1H3/t;7-,9+;7-,9-;;/m.00../s1. The number of thioether (sulfide) groups is 2. The molecule has 0 bridgehead atoms. The summed E-state index contributed by atoms with van der Waals surface area (Å²) in [6, 6.07) is 35.3. The van der Waals surface area contributed by atoms with Crippen LogP contribution in [0, 0.1) is 20.8 Å². The number of aliphatic hydroxyl groups is 3. The molecule has 0 fully saturated rings. The van der Waals surface area contributed by atoms with E-state index in [4.69, 9.17) is 21.1 Å². The zero-order chi connectivity index (χ0) is 55.1. The van der Waals surface area contributed by atoms with Gasteiger partial charge in [-0.2, -0.15) is 0 Å². The summed E-state index contributed by atoms with van der Waals surface area (Å²) in [5, 5.41) is 79.9. The molecule has 10 N–H and O–H groups in total. The fourth-order valence-electron chi connectivity index (χ4n) is 7.13. The van der Waals surface area contributed by atoms with Gasteiger partial charge in [-0.15, -0.1) is 57.5 Å². The number of carbonyl (C=O) groups excluding carboxylic acids is 1. The van der Waals surface area contributed by atoms with Gasteiger partial charge in [0, 0.05) is 36.3 Å². The van der Waals surface area contributed by atoms with E-state index in [2.05, 4.69) is 31.5 Å². The zero-order valence-electron chi connectivity index (χ0n) is 42.1. The summed E-state index contributed by atoms with van der Waals surface area (Å²) in [6.45, 7) is 13.5. The van der Waals surface area contributed by atoms with E-state index in [1.807, 2.05) is 89.2 Å². The van der Waals surface area contributed by atoms with Crippen LogP contribution in [0.25, 0.3) is 37.4 Å². The Balaban J connectivity index is 0.000000154. The van der Waals surface area contributed by atoms with Crippen LogP contribution < -0.4 is 5.73 Å². The van der Waals surface area contributed by atoms with Crippen LogP contribution in [0.4, 0.5) is 0 Å². The summed E-state index contributed by atoms with van der Waals surface area (Å²) in [4.78, 5) is 35.1. The second kappa shape index (κ2) is 27.8. The molecule has 3 aromatic heterocycles. The van der Waals surface area contributed by atoms with Crippen LogP contribution >= 0.6 is 57.5 Å². The third-order valence-electron chi connectivity index (χ3n) is 11.4. The predicted octanol–water partition coefficient (Wildman–Crippen LogP) is 11.0. The van der Waals surface area contributed by atoms with Gasteiger partial charge in [-0.25, -0.2) is 15.0 Å². The van der Waals surface area contributed by atoms with Crippen LogP contribution in [0.15, 0.2) is 138 Å². The number of phenolic OH excluding ortho intramolecular Hbond substituents is 5. The van der Waals surface area contributed by atoms with Gasteiger partial charge in [-0.05, 0) is 81.4 Å². The van der Waals surface area contributed by atoms with Crippen molar-refractivity contribution in [1.29, 1.82) is 0 Å². The van der Waals surface area contributed by atoms with Crippen molar-refractivity contribution in [3.63, 3.8) is 0 Å². The number of aliphatic hydroxyl groups excluding tert-OH is 3. The number of hydrogen-bond donors (Lipinski definition) is 9. The minimum absolute atomic E-state index is 0.0513. The van der Waals surface area contributed by atoms with Gasteiger partial charge in [0.1, 0.15) is 59.6 Å². The Hall–Kier alpha value is -6.88. The van der Waals surface area contributed by atoms with Crippen molar-refractivity contribution >= 4 is 79.6 Å². The Bertz CT molecular complexity index is 3240. The lowest BCUT2D eigenvalue weighted by Gasteiger charge is -2.06. The van der Waals surface area contributed by atoms with Gasteiger partial charge >= 0.3 is 0 Å². The molecule has 396 valence electrons. The van der Waals surface area contributed by atoms with Gasteiger partial charge in [0.05, 0.1) is 65.7 Å². The molecule has 20 heteroatoms. The third-order valence-corrected chi connectivity index (χ3v) is 16.9. The normalized spacial score (nSPS) is 16.3. The second-order valence-corrected chi connectivity index (χ2v) is 23.1. The molecule has 0 saturated carbocycles. The van der Waals surface area contributed by atoms with E-state index >= 15 is 0 Å². The first kappa shape index (κ1) is 58.4. The molecule has 2 aliphatic rings. The van der Waals surface area contributed by atoms with Crippen LogP contribution in [0.1, 0.15) is 61.5 Å². The first-order chi connectivity index (χ1) is 36.5. The van der Waals surface area contributed by atoms with Gasteiger partial charge in [-0.3, -0.25) is 14.8 Å². The number of aromatic nitrogens is 3. The average molecular weight is 1120 g/mol. The molecular formula is C56H58N6O9S5. The highest BCUT2D eigenvalue weighted by Gasteiger charge is 2.29. The molecule has 4 atom stereocenters. The Labute approximate surface area is 461 Å². The molecule has 0 amide bonds. The van der Waals surface area contributed by atoms with Crippen molar-refractivity contribution in [2.24, 2.45) is 15.7 Å². The van der Waals surface area contributed by atoms with Crippen molar-refractivity contribution in [1.82, 2.24) is 15.0 Å². The highest BCUT2D eigenvalue weighted by Crippen LogP contribution is 2.38. The maximum Gasteiger partial charge on any atom is 0.169 e. The third kappa shape index (κ3) is 14.9. The van der Waals surface area contributed by atoms with Crippen LogP contribution in [-0.2, 0) is 6.61 Å². The number of hydrogen-bond acceptors (Lipinski definition) is 20. The minimum atomic E-state index is -0.0596. The summed E-state index contributed by atoms with van der Waals surface area (Å²) in [7, 11) is 0. The molecule has 5 heterocycles. The van der Waals surface area contributed by atoms with Crippen molar-refractivity contribution in [2.45, 2.75) is 63.8 Å². The molecule has 2 aliphatic heterocycles. The Kier molecular flexibility index (Phi) is 21.3. The van der Waals surface area contributed by atoms with E-state index in [0.29, 0.717) is 38.9 Å². The van der Waals surface area contributed by atoms with Crippen molar-refractivity contribution < 1.29 is 45.6 Å². The maximum absolute atomic E-state index is 10.6. The molecule has 5 aromatic carbocycles. The largest absolute Gasteiger partial charge is 0.507 e. The fraction of sp³-hybridized carbons (Fsp3) is 0.214. The zero-order valence-corrected chi connectivity index (χ0v) is 46.2. The van der Waals surface area contributed by atoms with E-state index in [0.717, 1.165) is 57.7 Å². The number of rotatable bonds is 10. The van der Waals surface area contributed by atoms with Gasteiger partial charge in [0.25, 0.3) is 0 Å². The SMILES string of the molecule is C=C(N)c1nc(-c2ccccc2O)sc1C.C[C@@H]1SC(c2ccccc2O)=N[C@@H]1CO.C[C@@H]1SC(c2ccccc2O)=N[C@H]1CO.Cc1sc(-c2ccccc2O)nc1C=O.Cc1sc(-c2ccccc2O)nc1CO. The van der Waals surface area contributed by atoms with Crippen LogP contribution in [0.5, 0.6) is 28.7 Å². The van der Waals surface area contributed by atoms with Crippen molar-refractivity contribution in [3.8, 4) is 60.5 Å². The number of carbonyl (C=O) groups is 1. The van der Waals surface area contributed by atoms with Crippen LogP contribution in [-0.4, -0.2) is 108 Å². The summed E-state index contributed by atoms with van der Waals surface area (Å²) in [6.07, 6.45) is 0.731. The van der Waals surface area contributed by atoms with E-state index in [1.165, 1.54) is 34.0 Å². The molecule has 10 rings (SSSR count). The molecule has 0 aliphatic carbocycles. The van der Waals surface area contributed by atoms with Gasteiger partial charge in [0.15, 0.2) is 6.29 Å². The molecule has 0 radical (unpaired) electrons. The molecule has 8 aromatic rings. The number of nitrogens with two attached hydrogens (primary N) is 1. The molecule has 76 heavy (non-hydrogen) atoms. The Morgan fingerprint density at radius 1 is 0.526 bits per heavy atom. The number of aromatic hydroxyl groups is 5. The first-order valence-electron chi connectivity index (χ1n) is 23.5. The minimum Gasteiger partial charge on any atom is -0.507 e. The Morgan fingerprint density at radius 2 is 0.868 bits per heavy atom. The molecule has 0 unspecified atom stereocenters.